The Balaban J connectivity index is 1.28. The molecule has 0 saturated heterocycles. The molecule has 4 amide bonds. The number of imide groups is 1. The molecule has 3 aromatic rings. The number of nitrogens with one attached hydrogen (secondary N) is 1. The van der Waals surface area contributed by atoms with E-state index in [0.717, 1.165) is 10.5 Å². The minimum atomic E-state index is -0.666. The number of hydrogen-bond acceptors (Lipinski definition) is 6. The summed E-state index contributed by atoms with van der Waals surface area (Å²) >= 11 is 0. The highest BCUT2D eigenvalue weighted by Crippen LogP contribution is 2.36. The maximum atomic E-state index is 12.9. The van der Waals surface area contributed by atoms with Gasteiger partial charge in [-0.2, -0.15) is 0 Å². The van der Waals surface area contributed by atoms with Crippen LogP contribution in [0.4, 0.5) is 11.4 Å². The van der Waals surface area contributed by atoms with Crippen molar-refractivity contribution in [2.75, 3.05) is 29.9 Å². The minimum Gasteiger partial charge on any atom is -0.492 e. The van der Waals surface area contributed by atoms with E-state index < -0.39 is 30.4 Å². The quantitative estimate of drug-likeness (QED) is 0.500. The van der Waals surface area contributed by atoms with Crippen molar-refractivity contribution >= 4 is 35.0 Å². The normalized spacial score (nSPS) is 16.3. The van der Waals surface area contributed by atoms with Crippen molar-refractivity contribution in [2.45, 2.75) is 20.0 Å². The predicted octanol–water partition coefficient (Wildman–Crippen LogP) is 3.42. The summed E-state index contributed by atoms with van der Waals surface area (Å²) in [7, 11) is 0. The van der Waals surface area contributed by atoms with Crippen LogP contribution in [0, 0.1) is 6.92 Å². The summed E-state index contributed by atoms with van der Waals surface area (Å²) < 4.78 is 11.6. The molecule has 2 aliphatic heterocycles. The summed E-state index contributed by atoms with van der Waals surface area (Å²) in [5.41, 5.74) is 2.52. The van der Waals surface area contributed by atoms with Gasteiger partial charge in [0, 0.05) is 5.69 Å². The number of aryl methyl sites for hydroxylation is 1. The van der Waals surface area contributed by atoms with Gasteiger partial charge in [-0.15, -0.1) is 0 Å². The summed E-state index contributed by atoms with van der Waals surface area (Å²) in [6.45, 7) is 3.76. The molecule has 0 spiro atoms. The number of carbonyl (C=O) groups excluding carboxylic acids is 4. The van der Waals surface area contributed by atoms with Crippen LogP contribution in [0.5, 0.6) is 11.5 Å². The third kappa shape index (κ3) is 4.75. The van der Waals surface area contributed by atoms with Crippen molar-refractivity contribution in [1.82, 2.24) is 4.90 Å². The molecule has 9 heteroatoms. The van der Waals surface area contributed by atoms with Crippen molar-refractivity contribution in [3.8, 4) is 11.5 Å². The molecule has 0 saturated carbocycles. The molecule has 5 rings (SSSR count). The number of nitrogens with zero attached hydrogens (tertiary/aromatic N) is 2. The van der Waals surface area contributed by atoms with Crippen LogP contribution in [-0.2, 0) is 9.59 Å². The molecule has 0 radical (unpaired) electrons. The first-order chi connectivity index (χ1) is 17.8. The number of anilines is 2. The van der Waals surface area contributed by atoms with Crippen molar-refractivity contribution in [2.24, 2.45) is 0 Å². The predicted molar refractivity (Wildman–Crippen MR) is 136 cm³/mol. The lowest BCUT2D eigenvalue weighted by Gasteiger charge is -2.33. The molecular weight excluding hydrogens is 474 g/mol. The van der Waals surface area contributed by atoms with Gasteiger partial charge in [-0.1, -0.05) is 24.3 Å². The summed E-state index contributed by atoms with van der Waals surface area (Å²) in [5, 5.41) is 2.71. The molecule has 9 nitrogen and oxygen atoms in total. The lowest BCUT2D eigenvalue weighted by Crippen LogP contribution is -2.46. The Morgan fingerprint density at radius 2 is 1.68 bits per heavy atom. The maximum Gasteiger partial charge on any atom is 0.267 e. The Kier molecular flexibility index (Phi) is 6.35. The van der Waals surface area contributed by atoms with E-state index >= 15 is 0 Å². The number of carbonyl (C=O) groups is 4. The highest BCUT2D eigenvalue weighted by atomic mass is 16.5. The SMILES string of the molecule is Cc1cccc(OCCN2C(=O)C(C)Oc3ccc(NC(=O)CN4C(=O)c5ccccc5C4=O)cc32)c1. The standard InChI is InChI=1S/C28H25N3O6/c1-17-6-5-7-20(14-17)36-13-12-30-23-15-19(10-11-24(23)37-18(2)26(30)33)29-25(32)16-31-27(34)21-8-3-4-9-22(21)28(31)35/h3-11,14-15,18H,12-13,16H2,1-2H3,(H,29,32). The zero-order valence-electron chi connectivity index (χ0n) is 20.4. The van der Waals surface area contributed by atoms with Gasteiger partial charge < -0.3 is 19.7 Å². The minimum absolute atomic E-state index is 0.227. The van der Waals surface area contributed by atoms with E-state index in [1.54, 1.807) is 54.3 Å². The second-order valence-electron chi connectivity index (χ2n) is 8.89. The van der Waals surface area contributed by atoms with E-state index in [4.69, 9.17) is 9.47 Å². The lowest BCUT2D eigenvalue weighted by atomic mass is 10.1. The van der Waals surface area contributed by atoms with Crippen LogP contribution >= 0.6 is 0 Å². The van der Waals surface area contributed by atoms with Crippen LogP contribution in [0.25, 0.3) is 0 Å². The highest BCUT2D eigenvalue weighted by Gasteiger charge is 2.36. The lowest BCUT2D eigenvalue weighted by molar-refractivity contribution is -0.125. The Bertz CT molecular complexity index is 1380. The molecular formula is C28H25N3O6. The van der Waals surface area contributed by atoms with E-state index in [-0.39, 0.29) is 30.2 Å². The Labute approximate surface area is 213 Å². The second-order valence-corrected chi connectivity index (χ2v) is 8.89. The smallest absolute Gasteiger partial charge is 0.267 e. The Morgan fingerprint density at radius 3 is 2.38 bits per heavy atom. The summed E-state index contributed by atoms with van der Waals surface area (Å²) in [4.78, 5) is 53.3. The summed E-state index contributed by atoms with van der Waals surface area (Å²) in [6.07, 6.45) is -0.666. The molecule has 0 aromatic heterocycles. The van der Waals surface area contributed by atoms with Crippen molar-refractivity contribution in [3.63, 3.8) is 0 Å². The molecule has 3 aromatic carbocycles. The first-order valence-corrected chi connectivity index (χ1v) is 11.9. The number of rotatable bonds is 7. The number of amides is 4. The second kappa shape index (κ2) is 9.77. The fourth-order valence-corrected chi connectivity index (χ4v) is 4.40. The maximum absolute atomic E-state index is 12.9. The van der Waals surface area contributed by atoms with E-state index in [2.05, 4.69) is 5.32 Å². The third-order valence-corrected chi connectivity index (χ3v) is 6.20. The molecule has 188 valence electrons. The first-order valence-electron chi connectivity index (χ1n) is 11.9. The fraction of sp³-hybridized carbons (Fsp3) is 0.214. The van der Waals surface area contributed by atoms with Crippen LogP contribution < -0.4 is 19.7 Å². The molecule has 2 aliphatic rings. The molecule has 2 heterocycles. The molecule has 1 atom stereocenters. The van der Waals surface area contributed by atoms with Gasteiger partial charge in [0.25, 0.3) is 17.7 Å². The zero-order chi connectivity index (χ0) is 26.1. The van der Waals surface area contributed by atoms with Crippen molar-refractivity contribution in [3.05, 3.63) is 83.4 Å². The average Bonchev–Trinajstić information content (AvgIpc) is 3.11. The third-order valence-electron chi connectivity index (χ3n) is 6.20. The molecule has 1 N–H and O–H groups in total. The average molecular weight is 500 g/mol. The zero-order valence-corrected chi connectivity index (χ0v) is 20.4. The molecule has 37 heavy (non-hydrogen) atoms. The van der Waals surface area contributed by atoms with Gasteiger partial charge in [0.1, 0.15) is 24.7 Å². The molecule has 0 bridgehead atoms. The van der Waals surface area contributed by atoms with Crippen LogP contribution in [0.2, 0.25) is 0 Å². The van der Waals surface area contributed by atoms with Crippen LogP contribution in [0.1, 0.15) is 33.2 Å². The molecule has 0 fully saturated rings. The fourth-order valence-electron chi connectivity index (χ4n) is 4.40. The van der Waals surface area contributed by atoms with Crippen LogP contribution in [0.15, 0.2) is 66.7 Å². The van der Waals surface area contributed by atoms with Crippen LogP contribution in [-0.4, -0.2) is 54.3 Å². The topological polar surface area (TPSA) is 105 Å². The number of hydrogen-bond donors (Lipinski definition) is 1. The Morgan fingerprint density at radius 1 is 0.946 bits per heavy atom. The van der Waals surface area contributed by atoms with E-state index in [9.17, 15) is 19.2 Å². The van der Waals surface area contributed by atoms with Gasteiger partial charge in [0.05, 0.1) is 23.4 Å². The van der Waals surface area contributed by atoms with Crippen molar-refractivity contribution in [1.29, 1.82) is 0 Å². The van der Waals surface area contributed by atoms with Gasteiger partial charge in [0.15, 0.2) is 6.10 Å². The molecule has 1 unspecified atom stereocenters. The summed E-state index contributed by atoms with van der Waals surface area (Å²) in [5.74, 6) is -0.567. The van der Waals surface area contributed by atoms with E-state index in [1.807, 2.05) is 31.2 Å². The number of benzene rings is 3. The first kappa shape index (κ1) is 24.1. The van der Waals surface area contributed by atoms with E-state index in [0.29, 0.717) is 22.9 Å². The van der Waals surface area contributed by atoms with Gasteiger partial charge in [-0.25, -0.2) is 0 Å². The summed E-state index contributed by atoms with van der Waals surface area (Å²) in [6, 6.07) is 19.1. The monoisotopic (exact) mass is 499 g/mol. The number of fused-ring (bicyclic) bond motifs is 2. The number of ether oxygens (including phenoxy) is 2. The largest absolute Gasteiger partial charge is 0.492 e. The highest BCUT2D eigenvalue weighted by molar-refractivity contribution is 6.22. The van der Waals surface area contributed by atoms with Gasteiger partial charge in [-0.3, -0.25) is 24.1 Å². The van der Waals surface area contributed by atoms with Gasteiger partial charge in [0.2, 0.25) is 5.91 Å². The van der Waals surface area contributed by atoms with Gasteiger partial charge in [-0.05, 0) is 61.9 Å². The van der Waals surface area contributed by atoms with E-state index in [1.165, 1.54) is 0 Å². The molecule has 0 aliphatic carbocycles. The Hall–Kier alpha value is -4.66. The van der Waals surface area contributed by atoms with Crippen LogP contribution in [0.3, 0.4) is 0 Å². The van der Waals surface area contributed by atoms with Crippen molar-refractivity contribution < 1.29 is 28.7 Å². The van der Waals surface area contributed by atoms with Gasteiger partial charge >= 0.3 is 0 Å².